The Balaban J connectivity index is 1.98. The van der Waals surface area contributed by atoms with Gasteiger partial charge in [0.05, 0.1) is 19.4 Å². The molecule has 1 aromatic rings. The number of carbonyl (C=O) groups is 2. The van der Waals surface area contributed by atoms with Gasteiger partial charge in [-0.2, -0.15) is 4.31 Å². The summed E-state index contributed by atoms with van der Waals surface area (Å²) in [5, 5.41) is 3.14. The summed E-state index contributed by atoms with van der Waals surface area (Å²) < 4.78 is 32.1. The molecule has 1 atom stereocenters. The molecule has 2 amide bonds. The van der Waals surface area contributed by atoms with E-state index in [4.69, 9.17) is 4.74 Å². The van der Waals surface area contributed by atoms with E-state index < -0.39 is 21.5 Å². The van der Waals surface area contributed by atoms with Crippen molar-refractivity contribution in [1.29, 1.82) is 0 Å². The second-order valence-electron chi connectivity index (χ2n) is 8.95. The van der Waals surface area contributed by atoms with Crippen molar-refractivity contribution >= 4 is 27.5 Å². The quantitative estimate of drug-likeness (QED) is 0.625. The molecular weight excluding hydrogens is 430 g/mol. The van der Waals surface area contributed by atoms with Crippen molar-refractivity contribution in [3.8, 4) is 5.75 Å². The fourth-order valence-electron chi connectivity index (χ4n) is 4.67. The minimum Gasteiger partial charge on any atom is -0.497 e. The van der Waals surface area contributed by atoms with E-state index in [1.54, 1.807) is 38.1 Å². The number of amides is 2. The smallest absolute Gasteiger partial charge is 0.247 e. The summed E-state index contributed by atoms with van der Waals surface area (Å²) in [6.07, 6.45) is 6.65. The minimum atomic E-state index is -3.65. The van der Waals surface area contributed by atoms with Crippen molar-refractivity contribution in [1.82, 2.24) is 9.62 Å². The van der Waals surface area contributed by atoms with E-state index in [9.17, 15) is 18.0 Å². The third-order valence-corrected chi connectivity index (χ3v) is 8.35. The minimum absolute atomic E-state index is 0.0340. The van der Waals surface area contributed by atoms with E-state index in [1.807, 2.05) is 0 Å². The summed E-state index contributed by atoms with van der Waals surface area (Å²) >= 11 is 0. The van der Waals surface area contributed by atoms with Crippen molar-refractivity contribution in [3.63, 3.8) is 0 Å². The van der Waals surface area contributed by atoms with Crippen molar-refractivity contribution in [2.24, 2.45) is 0 Å². The molecule has 0 radical (unpaired) electrons. The number of anilines is 1. The average Bonchev–Trinajstić information content (AvgIpc) is 3.02. The lowest BCUT2D eigenvalue weighted by Gasteiger charge is -2.47. The first-order valence-electron chi connectivity index (χ1n) is 11.5. The maximum Gasteiger partial charge on any atom is 0.247 e. The van der Waals surface area contributed by atoms with Crippen LogP contribution in [-0.2, 0) is 19.6 Å². The largest absolute Gasteiger partial charge is 0.497 e. The van der Waals surface area contributed by atoms with Gasteiger partial charge in [0.1, 0.15) is 11.3 Å². The third-order valence-electron chi connectivity index (χ3n) is 6.39. The lowest BCUT2D eigenvalue weighted by molar-refractivity contribution is -0.133. The highest BCUT2D eigenvalue weighted by molar-refractivity contribution is 7.89. The number of carbonyl (C=O) groups excluding carboxylic acids is 2. The molecule has 0 unspecified atom stereocenters. The molecule has 1 aromatic carbocycles. The molecule has 32 heavy (non-hydrogen) atoms. The number of benzene rings is 1. The number of ether oxygens (including phenoxy) is 1. The SMILES string of the molecule is CCCS(=O)(=O)N1CC(=O)N(c2cccc(OC)c2)[C@@](C)(C(=O)NC2CCCCCC2)C1. The average molecular weight is 466 g/mol. The van der Waals surface area contributed by atoms with Gasteiger partial charge < -0.3 is 10.1 Å². The van der Waals surface area contributed by atoms with Crippen LogP contribution in [0, 0.1) is 0 Å². The first kappa shape index (κ1) is 24.5. The van der Waals surface area contributed by atoms with Gasteiger partial charge in [-0.25, -0.2) is 8.42 Å². The zero-order valence-corrected chi connectivity index (χ0v) is 20.1. The highest BCUT2D eigenvalue weighted by atomic mass is 32.2. The number of rotatable bonds is 7. The zero-order valence-electron chi connectivity index (χ0n) is 19.3. The van der Waals surface area contributed by atoms with Crippen LogP contribution in [0.2, 0.25) is 0 Å². The Morgan fingerprint density at radius 2 is 1.91 bits per heavy atom. The Bertz CT molecular complexity index is 927. The van der Waals surface area contributed by atoms with E-state index in [2.05, 4.69) is 5.32 Å². The molecule has 3 rings (SSSR count). The summed E-state index contributed by atoms with van der Waals surface area (Å²) in [4.78, 5) is 28.4. The van der Waals surface area contributed by atoms with Crippen LogP contribution in [0.3, 0.4) is 0 Å². The fourth-order valence-corrected chi connectivity index (χ4v) is 6.20. The number of nitrogens with one attached hydrogen (secondary N) is 1. The molecule has 9 heteroatoms. The van der Waals surface area contributed by atoms with E-state index in [0.717, 1.165) is 38.5 Å². The van der Waals surface area contributed by atoms with Gasteiger partial charge in [-0.3, -0.25) is 14.5 Å². The van der Waals surface area contributed by atoms with Gasteiger partial charge in [0, 0.05) is 24.3 Å². The molecule has 1 saturated carbocycles. The molecule has 1 aliphatic heterocycles. The van der Waals surface area contributed by atoms with Crippen LogP contribution in [-0.4, -0.2) is 62.1 Å². The van der Waals surface area contributed by atoms with Crippen molar-refractivity contribution < 1.29 is 22.7 Å². The summed E-state index contributed by atoms with van der Waals surface area (Å²) in [6, 6.07) is 7.00. The van der Waals surface area contributed by atoms with Crippen LogP contribution in [0.15, 0.2) is 24.3 Å². The number of sulfonamides is 1. The third kappa shape index (κ3) is 5.26. The van der Waals surface area contributed by atoms with Crippen LogP contribution in [0.5, 0.6) is 5.75 Å². The van der Waals surface area contributed by atoms with E-state index >= 15 is 0 Å². The second kappa shape index (κ2) is 10.2. The van der Waals surface area contributed by atoms with Gasteiger partial charge in [-0.15, -0.1) is 0 Å². The molecular formula is C23H35N3O5S. The van der Waals surface area contributed by atoms with E-state index in [1.165, 1.54) is 16.3 Å². The molecule has 1 saturated heterocycles. The Morgan fingerprint density at radius 3 is 2.53 bits per heavy atom. The highest BCUT2D eigenvalue weighted by Crippen LogP contribution is 2.33. The summed E-state index contributed by atoms with van der Waals surface area (Å²) in [5.41, 5.74) is -0.866. The van der Waals surface area contributed by atoms with Crippen molar-refractivity contribution in [3.05, 3.63) is 24.3 Å². The fraction of sp³-hybridized carbons (Fsp3) is 0.652. The maximum absolute atomic E-state index is 13.7. The lowest BCUT2D eigenvalue weighted by Crippen LogP contribution is -2.71. The first-order chi connectivity index (χ1) is 15.2. The van der Waals surface area contributed by atoms with E-state index in [0.29, 0.717) is 17.9 Å². The molecule has 0 aromatic heterocycles. The van der Waals surface area contributed by atoms with Gasteiger partial charge >= 0.3 is 0 Å². The predicted octanol–water partition coefficient (Wildman–Crippen LogP) is 2.68. The van der Waals surface area contributed by atoms with Crippen molar-refractivity contribution in [2.75, 3.05) is 30.9 Å². The summed E-state index contributed by atoms with van der Waals surface area (Å²) in [5.74, 6) is -0.248. The molecule has 1 heterocycles. The number of methoxy groups -OCH3 is 1. The van der Waals surface area contributed by atoms with Crippen LogP contribution in [0.25, 0.3) is 0 Å². The predicted molar refractivity (Wildman–Crippen MR) is 124 cm³/mol. The number of piperazine rings is 1. The molecule has 178 valence electrons. The molecule has 1 N–H and O–H groups in total. The van der Waals surface area contributed by atoms with Crippen LogP contribution in [0.1, 0.15) is 58.8 Å². The molecule has 0 bridgehead atoms. The number of nitrogens with zero attached hydrogens (tertiary/aromatic N) is 2. The lowest BCUT2D eigenvalue weighted by atomic mass is 9.93. The van der Waals surface area contributed by atoms with Gasteiger partial charge in [-0.1, -0.05) is 38.7 Å². The molecule has 8 nitrogen and oxygen atoms in total. The van der Waals surface area contributed by atoms with E-state index in [-0.39, 0.29) is 30.8 Å². The van der Waals surface area contributed by atoms with Crippen molar-refractivity contribution in [2.45, 2.75) is 70.4 Å². The Morgan fingerprint density at radius 1 is 1.22 bits per heavy atom. The molecule has 2 fully saturated rings. The molecule has 0 spiro atoms. The van der Waals surface area contributed by atoms with Crippen LogP contribution < -0.4 is 15.0 Å². The van der Waals surface area contributed by atoms with Gasteiger partial charge in [0.2, 0.25) is 21.8 Å². The number of hydrogen-bond donors (Lipinski definition) is 1. The number of hydrogen-bond acceptors (Lipinski definition) is 5. The first-order valence-corrected chi connectivity index (χ1v) is 13.1. The van der Waals surface area contributed by atoms with Crippen LogP contribution in [0.4, 0.5) is 5.69 Å². The second-order valence-corrected chi connectivity index (χ2v) is 11.0. The highest BCUT2D eigenvalue weighted by Gasteiger charge is 2.51. The Labute approximate surface area is 191 Å². The maximum atomic E-state index is 13.7. The molecule has 1 aliphatic carbocycles. The Hall–Kier alpha value is -2.13. The summed E-state index contributed by atoms with van der Waals surface area (Å²) in [6.45, 7) is 3.07. The van der Waals surface area contributed by atoms with Gasteiger partial charge in [-0.05, 0) is 38.3 Å². The van der Waals surface area contributed by atoms with Gasteiger partial charge in [0.15, 0.2) is 0 Å². The summed E-state index contributed by atoms with van der Waals surface area (Å²) in [7, 11) is -2.11. The normalized spacial score (nSPS) is 23.6. The monoisotopic (exact) mass is 465 g/mol. The molecule has 2 aliphatic rings. The Kier molecular flexibility index (Phi) is 7.82. The van der Waals surface area contributed by atoms with Crippen LogP contribution >= 0.6 is 0 Å². The zero-order chi connectivity index (χ0) is 23.4. The standard InChI is InChI=1S/C23H35N3O5S/c1-4-14-32(29,30)25-16-21(27)26(19-12-9-13-20(15-19)31-3)23(2,17-25)22(28)24-18-10-7-5-6-8-11-18/h9,12-13,15,18H,4-8,10-11,14,16-17H2,1-3H3,(H,24,28)/t23-/m1/s1. The topological polar surface area (TPSA) is 96.0 Å². The van der Waals surface area contributed by atoms with Gasteiger partial charge in [0.25, 0.3) is 0 Å².